The van der Waals surface area contributed by atoms with Crippen LogP contribution in [-0.4, -0.2) is 80.9 Å². The predicted octanol–water partition coefficient (Wildman–Crippen LogP) is 1.65. The molecule has 0 bridgehead atoms. The van der Waals surface area contributed by atoms with Crippen molar-refractivity contribution in [1.82, 2.24) is 26.2 Å². The van der Waals surface area contributed by atoms with Gasteiger partial charge in [0.1, 0.15) is 17.8 Å². The van der Waals surface area contributed by atoms with Crippen molar-refractivity contribution in [3.8, 4) is 5.75 Å². The topological polar surface area (TPSA) is 129 Å². The molecule has 0 fully saturated rings. The average Bonchev–Trinajstić information content (AvgIpc) is 2.93. The van der Waals surface area contributed by atoms with Gasteiger partial charge >= 0.3 is 0 Å². The molecule has 1 heterocycles. The van der Waals surface area contributed by atoms with Crippen LogP contribution in [0.5, 0.6) is 5.75 Å². The van der Waals surface area contributed by atoms with E-state index in [1.165, 1.54) is 0 Å². The van der Waals surface area contributed by atoms with Crippen molar-refractivity contribution in [3.63, 3.8) is 0 Å². The molecule has 216 valence electrons. The van der Waals surface area contributed by atoms with Crippen molar-refractivity contribution in [2.75, 3.05) is 40.3 Å². The largest absolute Gasteiger partial charge is 0.493 e. The zero-order valence-corrected chi connectivity index (χ0v) is 23.4. The Labute approximate surface area is 236 Å². The lowest BCUT2D eigenvalue weighted by Crippen LogP contribution is -2.53. The van der Waals surface area contributed by atoms with Crippen LogP contribution in [0.3, 0.4) is 0 Å². The molecular formula is C30H41N5O5. The molecule has 2 atom stereocenters. The summed E-state index contributed by atoms with van der Waals surface area (Å²) in [5, 5.41) is 11.2. The minimum absolute atomic E-state index is 0.286. The molecule has 40 heavy (non-hydrogen) atoms. The third-order valence-corrected chi connectivity index (χ3v) is 6.56. The predicted molar refractivity (Wildman–Crippen MR) is 153 cm³/mol. The van der Waals surface area contributed by atoms with Crippen LogP contribution in [0.4, 0.5) is 0 Å². The first-order valence-electron chi connectivity index (χ1n) is 13.9. The summed E-state index contributed by atoms with van der Waals surface area (Å²) in [7, 11) is 3.76. The number of likely N-dealkylation sites (N-methyl/N-ethyl adjacent to an activating group) is 1. The molecule has 0 aromatic heterocycles. The Morgan fingerprint density at radius 2 is 1.68 bits per heavy atom. The van der Waals surface area contributed by atoms with E-state index in [4.69, 9.17) is 4.74 Å². The maximum absolute atomic E-state index is 13.3. The van der Waals surface area contributed by atoms with Crippen molar-refractivity contribution in [1.29, 1.82) is 0 Å². The molecule has 3 rings (SSSR count). The molecule has 2 aromatic rings. The minimum Gasteiger partial charge on any atom is -0.493 e. The number of hydrogen-bond donors (Lipinski definition) is 4. The number of carbonyl (C=O) groups excluding carboxylic acids is 4. The lowest BCUT2D eigenvalue weighted by molar-refractivity contribution is -0.131. The molecule has 1 aliphatic rings. The summed E-state index contributed by atoms with van der Waals surface area (Å²) < 4.78 is 5.88. The van der Waals surface area contributed by atoms with Crippen LogP contribution >= 0.6 is 0 Å². The standard InChI is InChI=1S/C30H41N5O5/c1-35(2)18-17-32-30(39)25-21-27(36)33-24(20-22-12-6-5-7-13-22)29(38)31-16-10-3-4-11-19-40-26-15-9-8-14-23(26)28(37)34-25/h5-9,12-15,24-25H,3-4,10-11,16-21H2,1-2H3,(H,31,38)(H,32,39)(H,33,36)(H,34,37)/t24-,25-/m0/s1. The number of rotatable bonds is 6. The minimum atomic E-state index is -1.15. The van der Waals surface area contributed by atoms with Crippen molar-refractivity contribution >= 4 is 23.6 Å². The quantitative estimate of drug-likeness (QED) is 0.432. The first-order valence-corrected chi connectivity index (χ1v) is 13.9. The molecule has 4 N–H and O–H groups in total. The number of carbonyl (C=O) groups is 4. The highest BCUT2D eigenvalue weighted by Crippen LogP contribution is 2.19. The smallest absolute Gasteiger partial charge is 0.255 e. The molecule has 10 nitrogen and oxygen atoms in total. The van der Waals surface area contributed by atoms with E-state index in [0.29, 0.717) is 38.4 Å². The molecule has 0 spiro atoms. The Balaban J connectivity index is 1.83. The fourth-order valence-electron chi connectivity index (χ4n) is 4.35. The second-order valence-corrected chi connectivity index (χ2v) is 10.2. The van der Waals surface area contributed by atoms with E-state index in [1.54, 1.807) is 24.3 Å². The molecule has 2 aromatic carbocycles. The molecule has 0 saturated carbocycles. The number of nitrogens with zero attached hydrogens (tertiary/aromatic N) is 1. The zero-order chi connectivity index (χ0) is 28.7. The Bertz CT molecular complexity index is 1120. The van der Waals surface area contributed by atoms with Gasteiger partial charge in [0.05, 0.1) is 18.6 Å². The van der Waals surface area contributed by atoms with Gasteiger partial charge in [-0.3, -0.25) is 19.2 Å². The lowest BCUT2D eigenvalue weighted by atomic mass is 10.0. The van der Waals surface area contributed by atoms with Crippen LogP contribution in [-0.2, 0) is 20.8 Å². The van der Waals surface area contributed by atoms with Crippen molar-refractivity contribution in [2.24, 2.45) is 0 Å². The highest BCUT2D eigenvalue weighted by atomic mass is 16.5. The molecular weight excluding hydrogens is 510 g/mol. The molecule has 0 radical (unpaired) electrons. The summed E-state index contributed by atoms with van der Waals surface area (Å²) in [6, 6.07) is 14.3. The van der Waals surface area contributed by atoms with Gasteiger partial charge in [-0.05, 0) is 44.6 Å². The Morgan fingerprint density at radius 1 is 0.950 bits per heavy atom. The molecule has 0 unspecified atom stereocenters. The van der Waals surface area contributed by atoms with Gasteiger partial charge in [-0.2, -0.15) is 0 Å². The molecule has 0 aliphatic carbocycles. The van der Waals surface area contributed by atoms with Crippen LogP contribution in [0.1, 0.15) is 48.0 Å². The van der Waals surface area contributed by atoms with E-state index in [9.17, 15) is 19.2 Å². The van der Waals surface area contributed by atoms with E-state index < -0.39 is 29.8 Å². The van der Waals surface area contributed by atoms with Gasteiger partial charge in [0.15, 0.2) is 0 Å². The summed E-state index contributed by atoms with van der Waals surface area (Å²) in [6.45, 7) is 1.87. The van der Waals surface area contributed by atoms with Gasteiger partial charge in [0.2, 0.25) is 17.7 Å². The van der Waals surface area contributed by atoms with Crippen molar-refractivity contribution < 1.29 is 23.9 Å². The SMILES string of the molecule is CN(C)CCNC(=O)[C@@H]1CC(=O)N[C@@H](Cc2ccccc2)C(=O)NCCCCCCOc2ccccc2C(=O)N1. The van der Waals surface area contributed by atoms with Gasteiger partial charge in [-0.15, -0.1) is 0 Å². The normalized spacial score (nSPS) is 19.6. The number of amides is 4. The number of ether oxygens (including phenoxy) is 1. The van der Waals surface area contributed by atoms with Crippen LogP contribution < -0.4 is 26.0 Å². The summed E-state index contributed by atoms with van der Waals surface area (Å²) >= 11 is 0. The summed E-state index contributed by atoms with van der Waals surface area (Å²) in [5.74, 6) is -1.38. The zero-order valence-electron chi connectivity index (χ0n) is 23.4. The van der Waals surface area contributed by atoms with E-state index in [2.05, 4.69) is 21.3 Å². The highest BCUT2D eigenvalue weighted by molar-refractivity contribution is 6.01. The van der Waals surface area contributed by atoms with E-state index >= 15 is 0 Å². The number of fused-ring (bicyclic) bond motifs is 1. The fraction of sp³-hybridized carbons (Fsp3) is 0.467. The van der Waals surface area contributed by atoms with Gasteiger partial charge in [-0.1, -0.05) is 55.3 Å². The summed E-state index contributed by atoms with van der Waals surface area (Å²) in [6.07, 6.45) is 3.38. The van der Waals surface area contributed by atoms with Gasteiger partial charge in [0, 0.05) is 26.1 Å². The second kappa shape index (κ2) is 16.2. The fourth-order valence-corrected chi connectivity index (χ4v) is 4.35. The second-order valence-electron chi connectivity index (χ2n) is 10.2. The Morgan fingerprint density at radius 3 is 2.45 bits per heavy atom. The van der Waals surface area contributed by atoms with Gasteiger partial charge < -0.3 is 30.9 Å². The number of hydrogen-bond acceptors (Lipinski definition) is 6. The maximum Gasteiger partial charge on any atom is 0.255 e. The highest BCUT2D eigenvalue weighted by Gasteiger charge is 2.28. The first-order chi connectivity index (χ1) is 19.3. The van der Waals surface area contributed by atoms with Crippen LogP contribution in [0.25, 0.3) is 0 Å². The first kappa shape index (κ1) is 30.6. The molecule has 4 amide bonds. The van der Waals surface area contributed by atoms with Crippen LogP contribution in [0.15, 0.2) is 54.6 Å². The number of para-hydroxylation sites is 1. The monoisotopic (exact) mass is 551 g/mol. The van der Waals surface area contributed by atoms with E-state index in [1.807, 2.05) is 49.3 Å². The third-order valence-electron chi connectivity index (χ3n) is 6.56. The van der Waals surface area contributed by atoms with E-state index in [-0.39, 0.29) is 17.9 Å². The molecule has 1 aliphatic heterocycles. The average molecular weight is 552 g/mol. The Kier molecular flexibility index (Phi) is 12.4. The van der Waals surface area contributed by atoms with Crippen LogP contribution in [0, 0.1) is 0 Å². The number of benzene rings is 2. The van der Waals surface area contributed by atoms with Gasteiger partial charge in [-0.25, -0.2) is 0 Å². The van der Waals surface area contributed by atoms with Crippen molar-refractivity contribution in [2.45, 2.75) is 50.6 Å². The number of nitrogens with one attached hydrogen (secondary N) is 4. The lowest BCUT2D eigenvalue weighted by Gasteiger charge is -2.23. The molecule has 0 saturated heterocycles. The Hall–Kier alpha value is -3.92. The van der Waals surface area contributed by atoms with Gasteiger partial charge in [0.25, 0.3) is 5.91 Å². The molecule has 10 heteroatoms. The summed E-state index contributed by atoms with van der Waals surface area (Å²) in [4.78, 5) is 54.6. The maximum atomic E-state index is 13.3. The summed E-state index contributed by atoms with van der Waals surface area (Å²) in [5.41, 5.74) is 1.18. The van der Waals surface area contributed by atoms with Crippen LogP contribution in [0.2, 0.25) is 0 Å². The third kappa shape index (κ3) is 10.3. The van der Waals surface area contributed by atoms with E-state index in [0.717, 1.165) is 31.2 Å². The van der Waals surface area contributed by atoms with Crippen molar-refractivity contribution in [3.05, 3.63) is 65.7 Å².